The third kappa shape index (κ3) is 4.62. The maximum Gasteiger partial charge on any atom is 0.208 e. The molecule has 1 aliphatic heterocycles. The molecule has 6 nitrogen and oxygen atoms in total. The highest BCUT2D eigenvalue weighted by atomic mass is 16.8. The minimum absolute atomic E-state index is 0.700. The molecule has 6 heteroatoms. The molecule has 0 bridgehead atoms. The van der Waals surface area contributed by atoms with E-state index in [1.165, 1.54) is 0 Å². The highest BCUT2D eigenvalue weighted by Crippen LogP contribution is 2.50. The van der Waals surface area contributed by atoms with Gasteiger partial charge in [-0.05, 0) is 36.1 Å². The molecule has 0 aliphatic carbocycles. The van der Waals surface area contributed by atoms with Crippen LogP contribution in [0.5, 0.6) is 0 Å². The van der Waals surface area contributed by atoms with Crippen molar-refractivity contribution in [2.24, 2.45) is 0 Å². The van der Waals surface area contributed by atoms with Crippen molar-refractivity contribution in [3.05, 3.63) is 144 Å². The van der Waals surface area contributed by atoms with Crippen LogP contribution in [-0.2, 0) is 30.1 Å². The van der Waals surface area contributed by atoms with Crippen LogP contribution < -0.4 is 10.6 Å². The third-order valence-corrected chi connectivity index (χ3v) is 7.44. The normalized spacial score (nSPS) is 18.7. The highest BCUT2D eigenvalue weighted by molar-refractivity contribution is 5.58. The van der Waals surface area contributed by atoms with Gasteiger partial charge < -0.3 is 20.1 Å². The van der Waals surface area contributed by atoms with Crippen molar-refractivity contribution in [3.63, 3.8) is 0 Å². The Morgan fingerprint density at radius 2 is 0.795 bits per heavy atom. The van der Waals surface area contributed by atoms with Crippen molar-refractivity contribution >= 4 is 12.8 Å². The minimum atomic E-state index is -1.16. The second-order valence-electron chi connectivity index (χ2n) is 10.1. The number of carbonyl (C=O) groups is 2. The molecule has 2 N–H and O–H groups in total. The second-order valence-corrected chi connectivity index (χ2v) is 10.1. The van der Waals surface area contributed by atoms with Crippen LogP contribution in [-0.4, -0.2) is 30.8 Å². The van der Waals surface area contributed by atoms with E-state index in [9.17, 15) is 9.59 Å². The first-order valence-electron chi connectivity index (χ1n) is 13.0. The van der Waals surface area contributed by atoms with Crippen LogP contribution >= 0.6 is 0 Å². The number of hydrogen-bond donors (Lipinski definition) is 2. The zero-order chi connectivity index (χ0) is 27.3. The molecule has 39 heavy (non-hydrogen) atoms. The van der Waals surface area contributed by atoms with Gasteiger partial charge in [0.2, 0.25) is 12.8 Å². The predicted molar refractivity (Wildman–Crippen MR) is 150 cm³/mol. The van der Waals surface area contributed by atoms with Crippen LogP contribution in [0.2, 0.25) is 0 Å². The molecule has 0 unspecified atom stereocenters. The Bertz CT molecular complexity index is 1190. The van der Waals surface area contributed by atoms with Gasteiger partial charge in [-0.1, -0.05) is 121 Å². The van der Waals surface area contributed by atoms with E-state index in [1.807, 2.05) is 135 Å². The lowest BCUT2D eigenvalue weighted by Gasteiger charge is -2.47. The summed E-state index contributed by atoms with van der Waals surface area (Å²) < 4.78 is 13.6. The number of amides is 2. The van der Waals surface area contributed by atoms with Gasteiger partial charge in [-0.2, -0.15) is 0 Å². The molecule has 2 atom stereocenters. The molecule has 0 saturated carbocycles. The van der Waals surface area contributed by atoms with Crippen LogP contribution in [0.4, 0.5) is 0 Å². The fourth-order valence-corrected chi connectivity index (χ4v) is 5.87. The van der Waals surface area contributed by atoms with E-state index in [2.05, 4.69) is 10.6 Å². The fraction of sp³-hybridized carbons (Fsp3) is 0.212. The number of rotatable bonds is 10. The number of ether oxygens (including phenoxy) is 2. The lowest BCUT2D eigenvalue weighted by atomic mass is 9.68. The third-order valence-electron chi connectivity index (χ3n) is 7.44. The van der Waals surface area contributed by atoms with E-state index in [0.717, 1.165) is 22.3 Å². The maximum absolute atomic E-state index is 12.4. The minimum Gasteiger partial charge on any atom is -0.342 e. The van der Waals surface area contributed by atoms with Gasteiger partial charge >= 0.3 is 0 Å². The lowest BCUT2D eigenvalue weighted by molar-refractivity contribution is -0.157. The van der Waals surface area contributed by atoms with E-state index >= 15 is 0 Å². The summed E-state index contributed by atoms with van der Waals surface area (Å²) in [7, 11) is 0. The molecular formula is C33H32N2O4. The van der Waals surface area contributed by atoms with Crippen LogP contribution in [0.25, 0.3) is 0 Å². The first-order valence-corrected chi connectivity index (χ1v) is 13.0. The Morgan fingerprint density at radius 1 is 0.538 bits per heavy atom. The first kappa shape index (κ1) is 26.4. The van der Waals surface area contributed by atoms with Gasteiger partial charge in [-0.25, -0.2) is 0 Å². The molecule has 0 radical (unpaired) electrons. The number of benzene rings is 4. The Hall–Kier alpha value is -4.26. The van der Waals surface area contributed by atoms with E-state index in [0.29, 0.717) is 12.8 Å². The van der Waals surface area contributed by atoms with Gasteiger partial charge in [0.25, 0.3) is 0 Å². The zero-order valence-corrected chi connectivity index (χ0v) is 22.0. The molecule has 5 rings (SSSR count). The standard InChI is InChI=1S/C33H32N2O4/c1-31(2)38-29(32(34-23-36,25-15-7-3-8-16-25)26-17-9-4-10-18-26)30(39-31)33(35-24-37,27-19-11-5-12-20-27)28-21-13-6-14-22-28/h3-24,29-30H,1-2H3,(H,34,36)(H,35,37)/t29-,30-/m1/s1. The fourth-order valence-electron chi connectivity index (χ4n) is 5.87. The molecular weight excluding hydrogens is 488 g/mol. The summed E-state index contributed by atoms with van der Waals surface area (Å²) in [6, 6.07) is 38.9. The van der Waals surface area contributed by atoms with Gasteiger partial charge in [0.1, 0.15) is 23.3 Å². The molecule has 1 fully saturated rings. The zero-order valence-electron chi connectivity index (χ0n) is 22.0. The molecule has 0 aromatic heterocycles. The van der Waals surface area contributed by atoms with Crippen molar-refractivity contribution in [1.29, 1.82) is 0 Å². The topological polar surface area (TPSA) is 76.7 Å². The predicted octanol–water partition coefficient (Wildman–Crippen LogP) is 4.89. The van der Waals surface area contributed by atoms with E-state index in [1.54, 1.807) is 0 Å². The van der Waals surface area contributed by atoms with Crippen molar-refractivity contribution < 1.29 is 19.1 Å². The Morgan fingerprint density at radius 3 is 1.03 bits per heavy atom. The summed E-state index contributed by atoms with van der Waals surface area (Å²) in [5.41, 5.74) is 0.951. The SMILES string of the molecule is CC1(C)O[C@@H](C(NC=O)(c2ccccc2)c2ccccc2)[C@H](C(NC=O)(c2ccccc2)c2ccccc2)O1. The summed E-state index contributed by atoms with van der Waals surface area (Å²) in [6.07, 6.45) is -0.164. The van der Waals surface area contributed by atoms with Crippen molar-refractivity contribution in [2.75, 3.05) is 0 Å². The molecule has 2 amide bonds. The molecule has 1 heterocycles. The smallest absolute Gasteiger partial charge is 0.208 e. The van der Waals surface area contributed by atoms with Crippen molar-refractivity contribution in [2.45, 2.75) is 42.9 Å². The maximum atomic E-state index is 12.4. The first-order chi connectivity index (χ1) is 19.0. The number of hydrogen-bond acceptors (Lipinski definition) is 4. The van der Waals surface area contributed by atoms with Gasteiger partial charge in [0, 0.05) is 0 Å². The highest BCUT2D eigenvalue weighted by Gasteiger charge is 2.62. The molecule has 198 valence electrons. The summed E-state index contributed by atoms with van der Waals surface area (Å²) in [5, 5.41) is 6.31. The second kappa shape index (κ2) is 10.8. The van der Waals surface area contributed by atoms with Gasteiger partial charge in [-0.3, -0.25) is 9.59 Å². The Kier molecular flexibility index (Phi) is 7.33. The van der Waals surface area contributed by atoms with Crippen LogP contribution in [0.15, 0.2) is 121 Å². The summed E-state index contributed by atoms with van der Waals surface area (Å²) in [6.45, 7) is 3.70. The summed E-state index contributed by atoms with van der Waals surface area (Å²) >= 11 is 0. The Labute approximate surface area is 229 Å². The van der Waals surface area contributed by atoms with Crippen LogP contribution in [0.3, 0.4) is 0 Å². The number of carbonyl (C=O) groups excluding carboxylic acids is 2. The average Bonchev–Trinajstić information content (AvgIpc) is 3.32. The molecule has 1 saturated heterocycles. The van der Waals surface area contributed by atoms with Crippen molar-refractivity contribution in [1.82, 2.24) is 10.6 Å². The van der Waals surface area contributed by atoms with Gasteiger partial charge in [0.15, 0.2) is 5.79 Å². The molecule has 4 aromatic carbocycles. The quantitative estimate of drug-likeness (QED) is 0.292. The van der Waals surface area contributed by atoms with Crippen LogP contribution in [0.1, 0.15) is 36.1 Å². The molecule has 0 spiro atoms. The van der Waals surface area contributed by atoms with E-state index in [-0.39, 0.29) is 0 Å². The summed E-state index contributed by atoms with van der Waals surface area (Å²) in [4.78, 5) is 24.9. The largest absolute Gasteiger partial charge is 0.342 e. The number of nitrogens with one attached hydrogen (secondary N) is 2. The lowest BCUT2D eigenvalue weighted by Crippen LogP contribution is -2.63. The summed E-state index contributed by atoms with van der Waals surface area (Å²) in [5.74, 6) is -1.05. The monoisotopic (exact) mass is 520 g/mol. The van der Waals surface area contributed by atoms with Crippen molar-refractivity contribution in [3.8, 4) is 0 Å². The van der Waals surface area contributed by atoms with E-state index < -0.39 is 29.1 Å². The van der Waals surface area contributed by atoms with E-state index in [4.69, 9.17) is 9.47 Å². The molecule has 1 aliphatic rings. The molecule has 4 aromatic rings. The van der Waals surface area contributed by atoms with Crippen LogP contribution in [0, 0.1) is 0 Å². The average molecular weight is 521 g/mol. The van der Waals surface area contributed by atoms with Gasteiger partial charge in [-0.15, -0.1) is 0 Å². The Balaban J connectivity index is 1.85. The van der Waals surface area contributed by atoms with Gasteiger partial charge in [0.05, 0.1) is 0 Å².